The van der Waals surface area contributed by atoms with Crippen molar-refractivity contribution in [1.29, 1.82) is 0 Å². The van der Waals surface area contributed by atoms with Crippen molar-refractivity contribution in [3.8, 4) is 0 Å². The SMILES string of the molecule is O=[N+]([O-])OCCOC(c1ccccc1)c1ccccc1. The summed E-state index contributed by atoms with van der Waals surface area (Å²) < 4.78 is 5.74. The standard InChI is InChI=1S/C15H15NO4/c17-16(18)20-12-11-19-15(13-7-3-1-4-8-13)14-9-5-2-6-10-14/h1-10,15H,11-12H2. The molecule has 5 nitrogen and oxygen atoms in total. The molecule has 0 aliphatic heterocycles. The number of hydrogen-bond donors (Lipinski definition) is 0. The van der Waals surface area contributed by atoms with Gasteiger partial charge in [0.2, 0.25) is 0 Å². The van der Waals surface area contributed by atoms with E-state index in [2.05, 4.69) is 4.84 Å². The summed E-state index contributed by atoms with van der Waals surface area (Å²) in [5.74, 6) is 0. The molecular weight excluding hydrogens is 258 g/mol. The summed E-state index contributed by atoms with van der Waals surface area (Å²) in [4.78, 5) is 14.4. The summed E-state index contributed by atoms with van der Waals surface area (Å²) in [7, 11) is 0. The highest BCUT2D eigenvalue weighted by Gasteiger charge is 2.14. The van der Waals surface area contributed by atoms with Crippen molar-refractivity contribution in [3.63, 3.8) is 0 Å². The van der Waals surface area contributed by atoms with Gasteiger partial charge in [-0.1, -0.05) is 60.7 Å². The zero-order valence-electron chi connectivity index (χ0n) is 10.8. The highest BCUT2D eigenvalue weighted by atomic mass is 17.0. The summed E-state index contributed by atoms with van der Waals surface area (Å²) in [6, 6.07) is 19.5. The van der Waals surface area contributed by atoms with E-state index in [-0.39, 0.29) is 19.3 Å². The monoisotopic (exact) mass is 273 g/mol. The van der Waals surface area contributed by atoms with Gasteiger partial charge in [0, 0.05) is 0 Å². The van der Waals surface area contributed by atoms with Gasteiger partial charge in [-0.3, -0.25) is 0 Å². The molecule has 0 N–H and O–H groups in total. The molecule has 0 aromatic heterocycles. The highest BCUT2D eigenvalue weighted by Crippen LogP contribution is 2.25. The van der Waals surface area contributed by atoms with Crippen LogP contribution in [0.25, 0.3) is 0 Å². The van der Waals surface area contributed by atoms with Gasteiger partial charge in [0.15, 0.2) is 0 Å². The zero-order chi connectivity index (χ0) is 14.2. The molecule has 2 aromatic carbocycles. The summed E-state index contributed by atoms with van der Waals surface area (Å²) >= 11 is 0. The van der Waals surface area contributed by atoms with Crippen LogP contribution in [0.15, 0.2) is 60.7 Å². The van der Waals surface area contributed by atoms with E-state index in [1.807, 2.05) is 60.7 Å². The number of ether oxygens (including phenoxy) is 1. The smallest absolute Gasteiger partial charge is 0.294 e. The lowest BCUT2D eigenvalue weighted by Crippen LogP contribution is -2.13. The average molecular weight is 273 g/mol. The molecule has 0 unspecified atom stereocenters. The second kappa shape index (κ2) is 7.25. The van der Waals surface area contributed by atoms with Crippen molar-refractivity contribution in [2.45, 2.75) is 6.10 Å². The number of rotatable bonds is 7. The van der Waals surface area contributed by atoms with Crippen molar-refractivity contribution < 1.29 is 14.7 Å². The largest absolute Gasteiger partial charge is 0.367 e. The Morgan fingerprint density at radius 2 is 1.40 bits per heavy atom. The van der Waals surface area contributed by atoms with E-state index in [9.17, 15) is 10.1 Å². The Labute approximate surface area is 116 Å². The molecule has 0 atom stereocenters. The third kappa shape index (κ3) is 4.07. The second-order valence-corrected chi connectivity index (χ2v) is 4.13. The first-order valence-electron chi connectivity index (χ1n) is 6.26. The van der Waals surface area contributed by atoms with Gasteiger partial charge in [-0.25, -0.2) is 0 Å². The van der Waals surface area contributed by atoms with Gasteiger partial charge in [-0.05, 0) is 11.1 Å². The van der Waals surface area contributed by atoms with Crippen LogP contribution >= 0.6 is 0 Å². The molecule has 0 aliphatic rings. The predicted molar refractivity (Wildman–Crippen MR) is 73.6 cm³/mol. The lowest BCUT2D eigenvalue weighted by molar-refractivity contribution is -0.758. The summed E-state index contributed by atoms with van der Waals surface area (Å²) in [6.07, 6.45) is -0.257. The highest BCUT2D eigenvalue weighted by molar-refractivity contribution is 5.29. The molecule has 0 radical (unpaired) electrons. The number of benzene rings is 2. The van der Waals surface area contributed by atoms with Crippen LogP contribution in [0, 0.1) is 10.1 Å². The lowest BCUT2D eigenvalue weighted by Gasteiger charge is -2.18. The molecule has 0 spiro atoms. The van der Waals surface area contributed by atoms with E-state index < -0.39 is 5.09 Å². The van der Waals surface area contributed by atoms with Crippen LogP contribution in [0.4, 0.5) is 0 Å². The Kier molecular flexibility index (Phi) is 5.08. The van der Waals surface area contributed by atoms with Crippen molar-refractivity contribution >= 4 is 0 Å². The zero-order valence-corrected chi connectivity index (χ0v) is 10.8. The topological polar surface area (TPSA) is 61.6 Å². The Bertz CT molecular complexity index is 491. The van der Waals surface area contributed by atoms with E-state index in [0.29, 0.717) is 0 Å². The minimum Gasteiger partial charge on any atom is -0.367 e. The van der Waals surface area contributed by atoms with E-state index in [4.69, 9.17) is 4.74 Å². The molecule has 0 saturated carbocycles. The molecule has 0 bridgehead atoms. The van der Waals surface area contributed by atoms with Gasteiger partial charge >= 0.3 is 0 Å². The minimum absolute atomic E-state index is 0.0802. The molecule has 2 rings (SSSR count). The maximum absolute atomic E-state index is 10.1. The van der Waals surface area contributed by atoms with Gasteiger partial charge in [0.1, 0.15) is 12.7 Å². The third-order valence-electron chi connectivity index (χ3n) is 2.77. The Morgan fingerprint density at radius 3 is 1.85 bits per heavy atom. The summed E-state index contributed by atoms with van der Waals surface area (Å²) in [5.41, 5.74) is 2.00. The van der Waals surface area contributed by atoms with Gasteiger partial charge in [-0.15, -0.1) is 10.1 Å². The average Bonchev–Trinajstić information content (AvgIpc) is 2.49. The van der Waals surface area contributed by atoms with E-state index in [0.717, 1.165) is 11.1 Å². The lowest BCUT2D eigenvalue weighted by atomic mass is 10.0. The summed E-state index contributed by atoms with van der Waals surface area (Å²) in [5, 5.41) is 9.30. The van der Waals surface area contributed by atoms with Gasteiger partial charge in [0.25, 0.3) is 5.09 Å². The molecule has 104 valence electrons. The molecule has 5 heteroatoms. The first-order chi connectivity index (χ1) is 9.77. The Hall–Kier alpha value is -2.40. The Morgan fingerprint density at radius 1 is 0.900 bits per heavy atom. The van der Waals surface area contributed by atoms with Gasteiger partial charge in [0.05, 0.1) is 6.61 Å². The molecule has 0 saturated heterocycles. The molecule has 0 fully saturated rings. The molecule has 0 aliphatic carbocycles. The molecular formula is C15H15NO4. The first kappa shape index (κ1) is 14.0. The second-order valence-electron chi connectivity index (χ2n) is 4.13. The molecule has 0 heterocycles. The fourth-order valence-electron chi connectivity index (χ4n) is 1.92. The van der Waals surface area contributed by atoms with Crippen LogP contribution in [-0.4, -0.2) is 18.3 Å². The number of nitrogens with zero attached hydrogens (tertiary/aromatic N) is 1. The van der Waals surface area contributed by atoms with Crippen LogP contribution in [0.1, 0.15) is 17.2 Å². The van der Waals surface area contributed by atoms with Gasteiger partial charge in [-0.2, -0.15) is 0 Å². The van der Waals surface area contributed by atoms with Crippen LogP contribution < -0.4 is 0 Å². The van der Waals surface area contributed by atoms with Gasteiger partial charge < -0.3 is 9.57 Å². The molecule has 2 aromatic rings. The third-order valence-corrected chi connectivity index (χ3v) is 2.77. The van der Waals surface area contributed by atoms with Crippen LogP contribution in [0.5, 0.6) is 0 Å². The van der Waals surface area contributed by atoms with E-state index >= 15 is 0 Å². The Balaban J connectivity index is 2.07. The van der Waals surface area contributed by atoms with Crippen molar-refractivity contribution in [2.24, 2.45) is 0 Å². The fraction of sp³-hybridized carbons (Fsp3) is 0.200. The van der Waals surface area contributed by atoms with Crippen LogP contribution in [0.3, 0.4) is 0 Å². The van der Waals surface area contributed by atoms with E-state index in [1.165, 1.54) is 0 Å². The minimum atomic E-state index is -0.816. The van der Waals surface area contributed by atoms with E-state index in [1.54, 1.807) is 0 Å². The van der Waals surface area contributed by atoms with Crippen LogP contribution in [-0.2, 0) is 9.57 Å². The first-order valence-corrected chi connectivity index (χ1v) is 6.26. The maximum Gasteiger partial charge on any atom is 0.294 e. The quantitative estimate of drug-likeness (QED) is 0.442. The normalized spacial score (nSPS) is 10.4. The predicted octanol–water partition coefficient (Wildman–Crippen LogP) is 3.00. The molecule has 0 amide bonds. The summed E-state index contributed by atoms with van der Waals surface area (Å²) in [6.45, 7) is 0.0681. The van der Waals surface area contributed by atoms with Crippen molar-refractivity contribution in [2.75, 3.05) is 13.2 Å². The number of hydrogen-bond acceptors (Lipinski definition) is 4. The van der Waals surface area contributed by atoms with Crippen LogP contribution in [0.2, 0.25) is 0 Å². The maximum atomic E-state index is 10.1. The van der Waals surface area contributed by atoms with Crippen molar-refractivity contribution in [1.82, 2.24) is 0 Å². The molecule has 20 heavy (non-hydrogen) atoms. The van der Waals surface area contributed by atoms with Crippen molar-refractivity contribution in [3.05, 3.63) is 81.9 Å². The fourth-order valence-corrected chi connectivity index (χ4v) is 1.92.